The summed E-state index contributed by atoms with van der Waals surface area (Å²) in [7, 11) is 1.53. The van der Waals surface area contributed by atoms with E-state index in [1.54, 1.807) is 18.2 Å². The molecule has 0 aliphatic heterocycles. The van der Waals surface area contributed by atoms with Gasteiger partial charge in [-0.05, 0) is 12.1 Å². The predicted molar refractivity (Wildman–Crippen MR) is 42.4 cm³/mol. The van der Waals surface area contributed by atoms with Crippen LogP contribution in [0.3, 0.4) is 0 Å². The third-order valence-corrected chi connectivity index (χ3v) is 1.27. The molecule has 0 heterocycles. The molecule has 0 bridgehead atoms. The van der Waals surface area contributed by atoms with Crippen LogP contribution in [0.1, 0.15) is 0 Å². The van der Waals surface area contributed by atoms with Gasteiger partial charge in [-0.2, -0.15) is 0 Å². The molecule has 0 radical (unpaired) electrons. The van der Waals surface area contributed by atoms with Crippen molar-refractivity contribution in [1.82, 2.24) is 0 Å². The maximum atomic E-state index is 9.83. The Bertz CT molecular complexity index is 250. The highest BCUT2D eigenvalue weighted by molar-refractivity contribution is 5.55. The highest BCUT2D eigenvalue weighted by Crippen LogP contribution is 2.22. The zero-order chi connectivity index (χ0) is 8.10. The molecular formula is C7H8N2O2. The number of nitrogens with zero attached hydrogens (tertiary/aromatic N) is 1. The summed E-state index contributed by atoms with van der Waals surface area (Å²) in [5, 5.41) is 2.53. The fraction of sp³-hybridized carbons (Fsp3) is 0.143. The van der Waals surface area contributed by atoms with Gasteiger partial charge in [-0.3, -0.25) is 0 Å². The Morgan fingerprint density at radius 3 is 2.82 bits per heavy atom. The largest absolute Gasteiger partial charge is 0.495 e. The number of rotatable bonds is 3. The Labute approximate surface area is 64.1 Å². The molecule has 0 aliphatic rings. The fourth-order valence-electron chi connectivity index (χ4n) is 0.786. The number of methoxy groups -OCH3 is 1. The summed E-state index contributed by atoms with van der Waals surface area (Å²) in [5.74, 6) is 0.604. The summed E-state index contributed by atoms with van der Waals surface area (Å²) in [6.45, 7) is 0. The zero-order valence-corrected chi connectivity index (χ0v) is 6.07. The Morgan fingerprint density at radius 1 is 1.45 bits per heavy atom. The number of nitroso groups, excluding NO2 is 1. The standard InChI is InChI=1S/C7H8N2O2/c1-11-7-5-3-2-4-6(7)8-9-10/h2-5H,1H3,(H,8,10). The summed E-state index contributed by atoms with van der Waals surface area (Å²) in [4.78, 5) is 9.83. The van der Waals surface area contributed by atoms with Gasteiger partial charge < -0.3 is 4.74 Å². The number of hydrogen-bond donors (Lipinski definition) is 1. The van der Waals surface area contributed by atoms with Gasteiger partial charge >= 0.3 is 0 Å². The van der Waals surface area contributed by atoms with Crippen molar-refractivity contribution in [2.75, 3.05) is 12.5 Å². The summed E-state index contributed by atoms with van der Waals surface area (Å²) in [6, 6.07) is 7.05. The second-order valence-corrected chi connectivity index (χ2v) is 1.90. The van der Waals surface area contributed by atoms with Crippen molar-refractivity contribution in [3.05, 3.63) is 29.2 Å². The molecule has 1 N–H and O–H groups in total. The van der Waals surface area contributed by atoms with E-state index in [-0.39, 0.29) is 0 Å². The van der Waals surface area contributed by atoms with Gasteiger partial charge in [0.05, 0.1) is 12.4 Å². The average Bonchev–Trinajstić information content (AvgIpc) is 2.06. The highest BCUT2D eigenvalue weighted by Gasteiger charge is 1.98. The minimum absolute atomic E-state index is 0.574. The lowest BCUT2D eigenvalue weighted by Crippen LogP contribution is -1.90. The lowest BCUT2D eigenvalue weighted by Gasteiger charge is -2.03. The minimum atomic E-state index is 0.574. The highest BCUT2D eigenvalue weighted by atomic mass is 16.5. The molecule has 0 spiro atoms. The van der Waals surface area contributed by atoms with Crippen molar-refractivity contribution in [2.24, 2.45) is 5.29 Å². The van der Waals surface area contributed by atoms with Crippen LogP contribution in [0, 0.1) is 4.91 Å². The number of hydrogen-bond acceptors (Lipinski definition) is 3. The zero-order valence-electron chi connectivity index (χ0n) is 6.07. The first-order chi connectivity index (χ1) is 5.38. The molecule has 0 saturated heterocycles. The van der Waals surface area contributed by atoms with Crippen LogP contribution in [0.2, 0.25) is 0 Å². The Balaban J connectivity index is 2.92. The van der Waals surface area contributed by atoms with E-state index in [1.165, 1.54) is 7.11 Å². The third-order valence-electron chi connectivity index (χ3n) is 1.27. The van der Waals surface area contributed by atoms with E-state index >= 15 is 0 Å². The van der Waals surface area contributed by atoms with E-state index in [0.29, 0.717) is 11.4 Å². The molecule has 11 heavy (non-hydrogen) atoms. The van der Waals surface area contributed by atoms with Crippen LogP contribution in [-0.2, 0) is 0 Å². The Kier molecular flexibility index (Phi) is 2.43. The Morgan fingerprint density at radius 2 is 2.18 bits per heavy atom. The number of para-hydroxylation sites is 2. The summed E-state index contributed by atoms with van der Waals surface area (Å²) < 4.78 is 4.94. The quantitative estimate of drug-likeness (QED) is 0.530. The lowest BCUT2D eigenvalue weighted by atomic mass is 10.3. The molecule has 1 aromatic carbocycles. The molecule has 1 rings (SSSR count). The van der Waals surface area contributed by atoms with Crippen LogP contribution in [0.4, 0.5) is 5.69 Å². The minimum Gasteiger partial charge on any atom is -0.495 e. The van der Waals surface area contributed by atoms with Gasteiger partial charge in [0, 0.05) is 0 Å². The maximum absolute atomic E-state index is 9.83. The monoisotopic (exact) mass is 152 g/mol. The van der Waals surface area contributed by atoms with Crippen molar-refractivity contribution in [3.8, 4) is 5.75 Å². The topological polar surface area (TPSA) is 50.7 Å². The van der Waals surface area contributed by atoms with Crippen LogP contribution >= 0.6 is 0 Å². The molecule has 4 heteroatoms. The van der Waals surface area contributed by atoms with E-state index < -0.39 is 0 Å². The van der Waals surface area contributed by atoms with E-state index in [4.69, 9.17) is 4.74 Å². The van der Waals surface area contributed by atoms with E-state index in [0.717, 1.165) is 0 Å². The molecule has 0 amide bonds. The molecule has 0 unspecified atom stereocenters. The van der Waals surface area contributed by atoms with Crippen molar-refractivity contribution in [1.29, 1.82) is 0 Å². The van der Waals surface area contributed by atoms with Crippen LogP contribution in [-0.4, -0.2) is 7.11 Å². The molecule has 58 valence electrons. The normalized spacial score (nSPS) is 8.82. The number of ether oxygens (including phenoxy) is 1. The first-order valence-electron chi connectivity index (χ1n) is 3.10. The van der Waals surface area contributed by atoms with E-state index in [2.05, 4.69) is 10.7 Å². The van der Waals surface area contributed by atoms with Crippen LogP contribution in [0.25, 0.3) is 0 Å². The molecule has 0 saturated carbocycles. The van der Waals surface area contributed by atoms with Gasteiger partial charge in [0.15, 0.2) is 0 Å². The molecular weight excluding hydrogens is 144 g/mol. The van der Waals surface area contributed by atoms with Gasteiger partial charge in [-0.25, -0.2) is 5.43 Å². The second-order valence-electron chi connectivity index (χ2n) is 1.90. The van der Waals surface area contributed by atoms with Crippen molar-refractivity contribution >= 4 is 5.69 Å². The molecule has 0 aromatic heterocycles. The molecule has 0 fully saturated rings. The number of benzene rings is 1. The van der Waals surface area contributed by atoms with Crippen molar-refractivity contribution in [3.63, 3.8) is 0 Å². The van der Waals surface area contributed by atoms with Crippen LogP contribution in [0.5, 0.6) is 5.75 Å². The number of nitrogens with one attached hydrogen (secondary N) is 1. The smallest absolute Gasteiger partial charge is 0.143 e. The van der Waals surface area contributed by atoms with Gasteiger partial charge in [0.1, 0.15) is 11.4 Å². The molecule has 4 nitrogen and oxygen atoms in total. The summed E-state index contributed by atoms with van der Waals surface area (Å²) in [5.41, 5.74) is 2.85. The maximum Gasteiger partial charge on any atom is 0.143 e. The van der Waals surface area contributed by atoms with E-state index in [1.807, 2.05) is 6.07 Å². The molecule has 0 aliphatic carbocycles. The SMILES string of the molecule is COc1ccccc1NN=O. The fourth-order valence-corrected chi connectivity index (χ4v) is 0.786. The number of anilines is 1. The summed E-state index contributed by atoms with van der Waals surface area (Å²) in [6.07, 6.45) is 0. The first kappa shape index (κ1) is 7.53. The molecule has 0 atom stereocenters. The van der Waals surface area contributed by atoms with E-state index in [9.17, 15) is 4.91 Å². The van der Waals surface area contributed by atoms with Crippen molar-refractivity contribution in [2.45, 2.75) is 0 Å². The lowest BCUT2D eigenvalue weighted by molar-refractivity contribution is 0.416. The molecule has 1 aromatic rings. The van der Waals surface area contributed by atoms with Gasteiger partial charge in [-0.15, -0.1) is 4.91 Å². The third kappa shape index (κ3) is 1.67. The van der Waals surface area contributed by atoms with Gasteiger partial charge in [-0.1, -0.05) is 12.1 Å². The van der Waals surface area contributed by atoms with Gasteiger partial charge in [0.25, 0.3) is 0 Å². The Hall–Kier alpha value is -1.58. The average molecular weight is 152 g/mol. The predicted octanol–water partition coefficient (Wildman–Crippen LogP) is 1.79. The van der Waals surface area contributed by atoms with Crippen molar-refractivity contribution < 1.29 is 4.74 Å². The van der Waals surface area contributed by atoms with Crippen LogP contribution < -0.4 is 10.2 Å². The summed E-state index contributed by atoms with van der Waals surface area (Å²) >= 11 is 0. The van der Waals surface area contributed by atoms with Crippen LogP contribution in [0.15, 0.2) is 29.6 Å². The van der Waals surface area contributed by atoms with Gasteiger partial charge in [0.2, 0.25) is 0 Å². The first-order valence-corrected chi connectivity index (χ1v) is 3.10. The second kappa shape index (κ2) is 3.55.